The highest BCUT2D eigenvalue weighted by Crippen LogP contribution is 2.38. The molecule has 0 saturated carbocycles. The van der Waals surface area contributed by atoms with E-state index in [2.05, 4.69) is 123 Å². The van der Waals surface area contributed by atoms with E-state index in [1.54, 1.807) is 0 Å². The lowest BCUT2D eigenvalue weighted by Crippen LogP contribution is -2.37. The Morgan fingerprint density at radius 3 is 1.09 bits per heavy atom. The van der Waals surface area contributed by atoms with Crippen LogP contribution in [0.2, 0.25) is 0 Å². The lowest BCUT2D eigenvalue weighted by Gasteiger charge is -2.28. The second-order valence-corrected chi connectivity index (χ2v) is 23.4. The number of hydrogen-bond donors (Lipinski definition) is 0. The maximum Gasteiger partial charge on any atom is 0.306 e. The van der Waals surface area contributed by atoms with Crippen molar-refractivity contribution >= 4 is 19.8 Å². The Balaban J connectivity index is 4.00. The van der Waals surface area contributed by atoms with Crippen molar-refractivity contribution in [2.75, 3.05) is 47.5 Å². The number of hydrogen-bond acceptors (Lipinski definition) is 8. The first-order valence-electron chi connectivity index (χ1n) is 31.6. The Kier molecular flexibility index (Phi) is 55.8. The normalized spacial score (nSPS) is 14.0. The first-order valence-corrected chi connectivity index (χ1v) is 33.1. The molecule has 0 aliphatic carbocycles. The van der Waals surface area contributed by atoms with E-state index >= 15 is 0 Å². The summed E-state index contributed by atoms with van der Waals surface area (Å²) >= 11 is 0. The van der Waals surface area contributed by atoms with Crippen molar-refractivity contribution < 1.29 is 42.1 Å². The van der Waals surface area contributed by atoms with Crippen LogP contribution in [-0.2, 0) is 32.7 Å². The third kappa shape index (κ3) is 61.9. The van der Waals surface area contributed by atoms with Crippen LogP contribution in [0.4, 0.5) is 0 Å². The van der Waals surface area contributed by atoms with Gasteiger partial charge in [-0.1, -0.05) is 252 Å². The van der Waals surface area contributed by atoms with Crippen LogP contribution in [0, 0.1) is 0 Å². The summed E-state index contributed by atoms with van der Waals surface area (Å²) in [4.78, 5) is 37.9. The number of phosphoric ester groups is 1. The number of rotatable bonds is 57. The van der Waals surface area contributed by atoms with Crippen LogP contribution >= 0.6 is 7.82 Å². The first-order chi connectivity index (χ1) is 38.0. The van der Waals surface area contributed by atoms with Crippen LogP contribution < -0.4 is 4.89 Å². The fourth-order valence-electron chi connectivity index (χ4n) is 8.43. The minimum absolute atomic E-state index is 0.0361. The number of carbonyl (C=O) groups is 2. The minimum atomic E-state index is -4.64. The van der Waals surface area contributed by atoms with Gasteiger partial charge in [0.25, 0.3) is 7.82 Å². The van der Waals surface area contributed by atoms with Crippen LogP contribution in [0.3, 0.4) is 0 Å². The van der Waals surface area contributed by atoms with Gasteiger partial charge in [0.05, 0.1) is 27.7 Å². The van der Waals surface area contributed by atoms with Gasteiger partial charge < -0.3 is 27.9 Å². The van der Waals surface area contributed by atoms with Gasteiger partial charge in [-0.25, -0.2) is 0 Å². The fourth-order valence-corrected chi connectivity index (χ4v) is 9.16. The number of quaternary nitrogens is 1. The molecular weight excluding hydrogens is 990 g/mol. The molecule has 0 heterocycles. The molecule has 0 N–H and O–H groups in total. The Morgan fingerprint density at radius 1 is 0.410 bits per heavy atom. The number of likely N-dealkylation sites (N-methyl/N-ethyl adjacent to an activating group) is 1. The molecule has 0 rings (SSSR count). The maximum atomic E-state index is 12.8. The fraction of sp³-hybridized carbons (Fsp3) is 0.706. The zero-order chi connectivity index (χ0) is 57.0. The number of esters is 2. The summed E-state index contributed by atoms with van der Waals surface area (Å²) in [6.45, 7) is 4.08. The van der Waals surface area contributed by atoms with Crippen molar-refractivity contribution in [2.24, 2.45) is 0 Å². The van der Waals surface area contributed by atoms with Crippen LogP contribution in [0.5, 0.6) is 0 Å². The molecule has 0 fully saturated rings. The molecule has 0 amide bonds. The monoisotopic (exact) mass is 1110 g/mol. The molecule has 0 spiro atoms. The van der Waals surface area contributed by atoms with Gasteiger partial charge in [0.2, 0.25) is 0 Å². The summed E-state index contributed by atoms with van der Waals surface area (Å²) in [6, 6.07) is 0. The third-order valence-corrected chi connectivity index (χ3v) is 14.2. The molecule has 9 nitrogen and oxygen atoms in total. The molecule has 0 aromatic heterocycles. The van der Waals surface area contributed by atoms with Crippen LogP contribution in [0.15, 0.2) is 109 Å². The summed E-state index contributed by atoms with van der Waals surface area (Å²) in [7, 11) is 1.15. The van der Waals surface area contributed by atoms with Gasteiger partial charge in [-0.2, -0.15) is 0 Å². The number of ether oxygens (including phenoxy) is 2. The molecule has 2 unspecified atom stereocenters. The molecular formula is C68H118NO8P. The van der Waals surface area contributed by atoms with Crippen molar-refractivity contribution in [3.8, 4) is 0 Å². The summed E-state index contributed by atoms with van der Waals surface area (Å²) in [6.07, 6.45) is 81.6. The highest BCUT2D eigenvalue weighted by molar-refractivity contribution is 7.45. The summed E-state index contributed by atoms with van der Waals surface area (Å²) in [5.74, 6) is -0.848. The molecule has 10 heteroatoms. The number of allylic oxidation sites excluding steroid dienone is 18. The molecule has 0 aliphatic heterocycles. The number of unbranched alkanes of at least 4 members (excludes halogenated alkanes) is 25. The molecule has 0 saturated heterocycles. The lowest BCUT2D eigenvalue weighted by atomic mass is 10.0. The Bertz CT molecular complexity index is 1680. The molecule has 2 atom stereocenters. The zero-order valence-corrected chi connectivity index (χ0v) is 51.7. The Hall–Kier alpha value is -3.33. The van der Waals surface area contributed by atoms with E-state index < -0.39 is 32.5 Å². The molecule has 448 valence electrons. The van der Waals surface area contributed by atoms with E-state index in [4.69, 9.17) is 18.5 Å². The predicted molar refractivity (Wildman–Crippen MR) is 332 cm³/mol. The largest absolute Gasteiger partial charge is 0.756 e. The van der Waals surface area contributed by atoms with E-state index in [-0.39, 0.29) is 26.1 Å². The van der Waals surface area contributed by atoms with Crippen molar-refractivity contribution in [1.82, 2.24) is 0 Å². The van der Waals surface area contributed by atoms with Crippen molar-refractivity contribution in [1.29, 1.82) is 0 Å². The standard InChI is InChI=1S/C68H118NO8P/c1-6-8-10-12-14-16-18-20-22-23-24-25-26-27-28-29-30-31-32-33-34-35-36-37-38-39-40-41-42-43-44-45-47-49-51-53-55-57-59-61-68(71)77-66(65-76-78(72,73)75-63-62-69(3,4)5)64-74-67(70)60-58-56-54-52-50-48-46-21-19-17-15-13-11-9-7-2/h8,10,14-17,20-22,24-25,27-28,30-31,33-34,46,66H,6-7,9,11-13,18-19,23,26,29,32,35-45,47-65H2,1-5H3/b10-8-,16-14-,17-15-,22-20-,25-24-,28-27-,31-30-,34-33-,46-21-. The quantitative estimate of drug-likeness (QED) is 0.0195. The van der Waals surface area contributed by atoms with E-state index in [0.717, 1.165) is 103 Å². The third-order valence-electron chi connectivity index (χ3n) is 13.3. The molecule has 0 aromatic rings. The van der Waals surface area contributed by atoms with Crippen molar-refractivity contribution in [3.05, 3.63) is 109 Å². The lowest BCUT2D eigenvalue weighted by molar-refractivity contribution is -0.870. The highest BCUT2D eigenvalue weighted by atomic mass is 31.2. The molecule has 0 aromatic carbocycles. The second kappa shape index (κ2) is 58.3. The van der Waals surface area contributed by atoms with Gasteiger partial charge in [0.1, 0.15) is 19.8 Å². The first kappa shape index (κ1) is 74.7. The summed E-state index contributed by atoms with van der Waals surface area (Å²) < 4.78 is 34.1. The van der Waals surface area contributed by atoms with Crippen molar-refractivity contribution in [2.45, 2.75) is 264 Å². The van der Waals surface area contributed by atoms with Gasteiger partial charge in [-0.3, -0.25) is 14.2 Å². The maximum absolute atomic E-state index is 12.8. The van der Waals surface area contributed by atoms with Crippen LogP contribution in [0.25, 0.3) is 0 Å². The van der Waals surface area contributed by atoms with Gasteiger partial charge >= 0.3 is 11.9 Å². The van der Waals surface area contributed by atoms with Crippen LogP contribution in [-0.4, -0.2) is 70.0 Å². The smallest absolute Gasteiger partial charge is 0.306 e. The zero-order valence-electron chi connectivity index (χ0n) is 50.8. The second-order valence-electron chi connectivity index (χ2n) is 22.0. The topological polar surface area (TPSA) is 111 Å². The number of phosphoric acid groups is 1. The number of carbonyl (C=O) groups excluding carboxylic acids is 2. The number of nitrogens with zero attached hydrogens (tertiary/aromatic N) is 1. The van der Waals surface area contributed by atoms with E-state index in [0.29, 0.717) is 23.9 Å². The Labute approximate surface area is 480 Å². The van der Waals surface area contributed by atoms with E-state index in [1.165, 1.54) is 116 Å². The van der Waals surface area contributed by atoms with Gasteiger partial charge in [0.15, 0.2) is 6.10 Å². The SMILES string of the molecule is CC/C=C\C/C=C\C/C=C\C/C=C\C/C=C\C/C=C\C/C=C\CCCCCCCCCCCCCCCCCCCC(=O)OC(COC(=O)CCCCCCC/C=C\C/C=C\CCCCC)COP(=O)([O-])OCC[N+](C)(C)C. The van der Waals surface area contributed by atoms with Crippen molar-refractivity contribution in [3.63, 3.8) is 0 Å². The minimum Gasteiger partial charge on any atom is -0.756 e. The molecule has 78 heavy (non-hydrogen) atoms. The van der Waals surface area contributed by atoms with Gasteiger partial charge in [-0.05, 0) is 103 Å². The van der Waals surface area contributed by atoms with E-state index in [1.807, 2.05) is 21.1 Å². The molecule has 0 bridgehead atoms. The summed E-state index contributed by atoms with van der Waals surface area (Å²) in [5.41, 5.74) is 0. The van der Waals surface area contributed by atoms with Gasteiger partial charge in [-0.15, -0.1) is 0 Å². The molecule has 0 radical (unpaired) electrons. The van der Waals surface area contributed by atoms with E-state index in [9.17, 15) is 19.0 Å². The van der Waals surface area contributed by atoms with Gasteiger partial charge in [0, 0.05) is 12.8 Å². The average Bonchev–Trinajstić information content (AvgIpc) is 3.41. The summed E-state index contributed by atoms with van der Waals surface area (Å²) in [5, 5.41) is 0. The predicted octanol–water partition coefficient (Wildman–Crippen LogP) is 19.5. The highest BCUT2D eigenvalue weighted by Gasteiger charge is 2.22. The average molecular weight is 1110 g/mol. The molecule has 0 aliphatic rings. The Morgan fingerprint density at radius 2 is 0.731 bits per heavy atom. The van der Waals surface area contributed by atoms with Crippen LogP contribution in [0.1, 0.15) is 258 Å².